The summed E-state index contributed by atoms with van der Waals surface area (Å²) < 4.78 is 0. The molecular formula is C13H19N3O. The minimum Gasteiger partial charge on any atom is -0.310 e. The molecule has 1 aliphatic heterocycles. The molecule has 2 aliphatic rings. The standard InChI is InChI=1S/C13H19N3O/c17-13-10-7-14-8-11(10)15-12(16-13)9-5-3-1-2-4-6-9/h9,14H,1-8H2,(H,15,16,17). The van der Waals surface area contributed by atoms with Gasteiger partial charge >= 0.3 is 0 Å². The SMILES string of the molecule is O=c1[nH]c(C2CCCCCC2)nc2c1CNC2. The Hall–Kier alpha value is -1.16. The number of fused-ring (bicyclic) bond motifs is 1. The van der Waals surface area contributed by atoms with E-state index in [2.05, 4.69) is 15.3 Å². The van der Waals surface area contributed by atoms with E-state index in [9.17, 15) is 4.79 Å². The van der Waals surface area contributed by atoms with Crippen LogP contribution in [0.15, 0.2) is 4.79 Å². The van der Waals surface area contributed by atoms with Crippen LogP contribution >= 0.6 is 0 Å². The molecule has 4 heteroatoms. The molecule has 0 atom stereocenters. The molecule has 0 bridgehead atoms. The van der Waals surface area contributed by atoms with Gasteiger partial charge < -0.3 is 10.3 Å². The van der Waals surface area contributed by atoms with Crippen LogP contribution in [0.25, 0.3) is 0 Å². The van der Waals surface area contributed by atoms with E-state index in [-0.39, 0.29) is 5.56 Å². The van der Waals surface area contributed by atoms with Crippen molar-refractivity contribution < 1.29 is 0 Å². The van der Waals surface area contributed by atoms with E-state index in [1.807, 2.05) is 0 Å². The first-order chi connectivity index (χ1) is 8.34. The van der Waals surface area contributed by atoms with Gasteiger partial charge in [-0.15, -0.1) is 0 Å². The Morgan fingerprint density at radius 1 is 1.06 bits per heavy atom. The minimum absolute atomic E-state index is 0.0687. The Morgan fingerprint density at radius 2 is 1.82 bits per heavy atom. The summed E-state index contributed by atoms with van der Waals surface area (Å²) in [4.78, 5) is 19.6. The van der Waals surface area contributed by atoms with Gasteiger partial charge in [0.1, 0.15) is 5.82 Å². The molecule has 1 aromatic heterocycles. The maximum Gasteiger partial charge on any atom is 0.255 e. The fourth-order valence-corrected chi connectivity index (χ4v) is 2.94. The van der Waals surface area contributed by atoms with Crippen LogP contribution < -0.4 is 10.9 Å². The zero-order valence-corrected chi connectivity index (χ0v) is 10.1. The highest BCUT2D eigenvalue weighted by Gasteiger charge is 2.21. The molecule has 0 aromatic carbocycles. The van der Waals surface area contributed by atoms with Gasteiger partial charge in [-0.3, -0.25) is 4.79 Å². The largest absolute Gasteiger partial charge is 0.310 e. The molecule has 1 aromatic rings. The lowest BCUT2D eigenvalue weighted by molar-refractivity contribution is 0.555. The quantitative estimate of drug-likeness (QED) is 0.727. The Labute approximate surface area is 101 Å². The van der Waals surface area contributed by atoms with E-state index >= 15 is 0 Å². The number of rotatable bonds is 1. The molecule has 4 nitrogen and oxygen atoms in total. The first-order valence-electron chi connectivity index (χ1n) is 6.67. The fraction of sp³-hybridized carbons (Fsp3) is 0.692. The summed E-state index contributed by atoms with van der Waals surface area (Å²) >= 11 is 0. The molecule has 17 heavy (non-hydrogen) atoms. The lowest BCUT2D eigenvalue weighted by Crippen LogP contribution is -2.19. The van der Waals surface area contributed by atoms with E-state index in [4.69, 9.17) is 0 Å². The third-order valence-corrected chi connectivity index (χ3v) is 3.96. The van der Waals surface area contributed by atoms with Crippen molar-refractivity contribution >= 4 is 0 Å². The van der Waals surface area contributed by atoms with Gasteiger partial charge in [0, 0.05) is 19.0 Å². The van der Waals surface area contributed by atoms with E-state index in [1.54, 1.807) is 0 Å². The average Bonchev–Trinajstić information content (AvgIpc) is 2.63. The number of nitrogens with one attached hydrogen (secondary N) is 2. The number of nitrogens with zero attached hydrogens (tertiary/aromatic N) is 1. The Kier molecular flexibility index (Phi) is 2.97. The summed E-state index contributed by atoms with van der Waals surface area (Å²) in [5.74, 6) is 1.40. The lowest BCUT2D eigenvalue weighted by atomic mass is 9.99. The molecular weight excluding hydrogens is 214 g/mol. The average molecular weight is 233 g/mol. The van der Waals surface area contributed by atoms with Crippen LogP contribution in [-0.4, -0.2) is 9.97 Å². The molecule has 1 aliphatic carbocycles. The van der Waals surface area contributed by atoms with E-state index in [1.165, 1.54) is 38.5 Å². The first-order valence-corrected chi connectivity index (χ1v) is 6.67. The monoisotopic (exact) mass is 233 g/mol. The van der Waals surface area contributed by atoms with Crippen molar-refractivity contribution in [2.75, 3.05) is 0 Å². The third-order valence-electron chi connectivity index (χ3n) is 3.96. The van der Waals surface area contributed by atoms with Crippen molar-refractivity contribution in [3.8, 4) is 0 Å². The second kappa shape index (κ2) is 4.61. The van der Waals surface area contributed by atoms with Crippen molar-refractivity contribution in [3.63, 3.8) is 0 Å². The smallest absolute Gasteiger partial charge is 0.255 e. The maximum absolute atomic E-state index is 11.9. The number of aromatic nitrogens is 2. The van der Waals surface area contributed by atoms with Gasteiger partial charge in [0.2, 0.25) is 0 Å². The Morgan fingerprint density at radius 3 is 2.59 bits per heavy atom. The highest BCUT2D eigenvalue weighted by Crippen LogP contribution is 2.29. The highest BCUT2D eigenvalue weighted by molar-refractivity contribution is 5.22. The van der Waals surface area contributed by atoms with Gasteiger partial charge in [0.25, 0.3) is 5.56 Å². The summed E-state index contributed by atoms with van der Waals surface area (Å²) in [7, 11) is 0. The fourth-order valence-electron chi connectivity index (χ4n) is 2.94. The normalized spacial score (nSPS) is 21.2. The van der Waals surface area contributed by atoms with Crippen LogP contribution in [0.5, 0.6) is 0 Å². The minimum atomic E-state index is 0.0687. The van der Waals surface area contributed by atoms with Gasteiger partial charge in [-0.25, -0.2) is 4.98 Å². The van der Waals surface area contributed by atoms with Gasteiger partial charge in [0.05, 0.1) is 11.3 Å². The van der Waals surface area contributed by atoms with Crippen LogP contribution in [0.4, 0.5) is 0 Å². The van der Waals surface area contributed by atoms with E-state index in [0.717, 1.165) is 23.6 Å². The molecule has 0 radical (unpaired) electrons. The predicted octanol–water partition coefficient (Wildman–Crippen LogP) is 1.81. The van der Waals surface area contributed by atoms with Gasteiger partial charge in [0.15, 0.2) is 0 Å². The van der Waals surface area contributed by atoms with Crippen molar-refractivity contribution in [1.82, 2.24) is 15.3 Å². The Balaban J connectivity index is 1.92. The van der Waals surface area contributed by atoms with E-state index < -0.39 is 0 Å². The van der Waals surface area contributed by atoms with E-state index in [0.29, 0.717) is 12.5 Å². The zero-order chi connectivity index (χ0) is 11.7. The second-order valence-corrected chi connectivity index (χ2v) is 5.17. The summed E-state index contributed by atoms with van der Waals surface area (Å²) in [6.45, 7) is 1.42. The van der Waals surface area contributed by atoms with Crippen LogP contribution in [0, 0.1) is 0 Å². The Bertz CT molecular complexity index is 458. The molecule has 2 N–H and O–H groups in total. The van der Waals surface area contributed by atoms with Crippen molar-refractivity contribution in [1.29, 1.82) is 0 Å². The van der Waals surface area contributed by atoms with Gasteiger partial charge in [-0.2, -0.15) is 0 Å². The van der Waals surface area contributed by atoms with Crippen LogP contribution in [0.2, 0.25) is 0 Å². The summed E-state index contributed by atoms with van der Waals surface area (Å²) in [5, 5.41) is 3.19. The van der Waals surface area contributed by atoms with Crippen molar-refractivity contribution in [2.45, 2.75) is 57.5 Å². The molecule has 1 fully saturated rings. The van der Waals surface area contributed by atoms with Crippen molar-refractivity contribution in [3.05, 3.63) is 27.4 Å². The first kappa shape index (κ1) is 11.0. The number of hydrogen-bond donors (Lipinski definition) is 2. The summed E-state index contributed by atoms with van der Waals surface area (Å²) in [6, 6.07) is 0. The second-order valence-electron chi connectivity index (χ2n) is 5.17. The topological polar surface area (TPSA) is 57.8 Å². The molecule has 92 valence electrons. The predicted molar refractivity (Wildman–Crippen MR) is 65.8 cm³/mol. The van der Waals surface area contributed by atoms with Gasteiger partial charge in [-0.05, 0) is 12.8 Å². The van der Waals surface area contributed by atoms with Crippen LogP contribution in [0.3, 0.4) is 0 Å². The highest BCUT2D eigenvalue weighted by atomic mass is 16.1. The third kappa shape index (κ3) is 2.14. The molecule has 0 unspecified atom stereocenters. The van der Waals surface area contributed by atoms with Crippen LogP contribution in [0.1, 0.15) is 61.5 Å². The number of aromatic amines is 1. The molecule has 0 spiro atoms. The molecule has 0 saturated heterocycles. The van der Waals surface area contributed by atoms with Gasteiger partial charge in [-0.1, -0.05) is 25.7 Å². The number of hydrogen-bond acceptors (Lipinski definition) is 3. The molecule has 3 rings (SSSR count). The summed E-state index contributed by atoms with van der Waals surface area (Å²) in [5.41, 5.74) is 1.87. The maximum atomic E-state index is 11.9. The molecule has 2 heterocycles. The molecule has 1 saturated carbocycles. The zero-order valence-electron chi connectivity index (χ0n) is 10.1. The molecule has 0 amide bonds. The number of H-pyrrole nitrogens is 1. The van der Waals surface area contributed by atoms with Crippen molar-refractivity contribution in [2.24, 2.45) is 0 Å². The van der Waals surface area contributed by atoms with Crippen LogP contribution in [-0.2, 0) is 13.1 Å². The lowest BCUT2D eigenvalue weighted by Gasteiger charge is -2.13. The summed E-state index contributed by atoms with van der Waals surface area (Å²) in [6.07, 6.45) is 7.54.